The highest BCUT2D eigenvalue weighted by Crippen LogP contribution is 2.24. The van der Waals surface area contributed by atoms with Crippen LogP contribution in [0.5, 0.6) is 0 Å². The number of halogens is 1. The second-order valence-electron chi connectivity index (χ2n) is 6.70. The lowest BCUT2D eigenvalue weighted by atomic mass is 10.1. The van der Waals surface area contributed by atoms with Crippen LogP contribution in [0.3, 0.4) is 0 Å². The van der Waals surface area contributed by atoms with Crippen molar-refractivity contribution >= 4 is 35.0 Å². The molecule has 0 fully saturated rings. The molecule has 26 heavy (non-hydrogen) atoms. The van der Waals surface area contributed by atoms with Crippen LogP contribution in [0, 0.1) is 6.92 Å². The van der Waals surface area contributed by atoms with Gasteiger partial charge in [0.25, 0.3) is 5.91 Å². The largest absolute Gasteiger partial charge is 0.465 e. The Kier molecular flexibility index (Phi) is 5.82. The number of aryl methyl sites for hydroxylation is 1. The number of rotatable bonds is 4. The van der Waals surface area contributed by atoms with E-state index < -0.39 is 11.9 Å². The van der Waals surface area contributed by atoms with Gasteiger partial charge in [-0.05, 0) is 45.9 Å². The maximum atomic E-state index is 12.6. The first-order valence-corrected chi connectivity index (χ1v) is 8.30. The highest BCUT2D eigenvalue weighted by molar-refractivity contribution is 6.34. The zero-order valence-electron chi connectivity index (χ0n) is 15.3. The lowest BCUT2D eigenvalue weighted by Crippen LogP contribution is -2.27. The number of esters is 1. The van der Waals surface area contributed by atoms with Crippen LogP contribution >= 0.6 is 11.6 Å². The minimum atomic E-state index is -0.522. The molecule has 8 heteroatoms. The van der Waals surface area contributed by atoms with E-state index >= 15 is 0 Å². The molecule has 0 unspecified atom stereocenters. The number of carbonyl (C=O) groups excluding carboxylic acids is 2. The van der Waals surface area contributed by atoms with Gasteiger partial charge in [-0.2, -0.15) is 0 Å². The molecular formula is C18H21ClN4O3. The summed E-state index contributed by atoms with van der Waals surface area (Å²) in [6, 6.07) is 6.05. The van der Waals surface area contributed by atoms with E-state index in [1.807, 2.05) is 20.8 Å². The molecule has 138 valence electrons. The molecule has 0 saturated heterocycles. The van der Waals surface area contributed by atoms with Crippen molar-refractivity contribution in [2.75, 3.05) is 17.7 Å². The third kappa shape index (κ3) is 5.16. The van der Waals surface area contributed by atoms with Crippen LogP contribution in [-0.4, -0.2) is 34.5 Å². The predicted molar refractivity (Wildman–Crippen MR) is 101 cm³/mol. The summed E-state index contributed by atoms with van der Waals surface area (Å²) in [5.74, 6) is 0.0199. The van der Waals surface area contributed by atoms with Crippen molar-refractivity contribution in [2.45, 2.75) is 33.2 Å². The van der Waals surface area contributed by atoms with Gasteiger partial charge in [-0.1, -0.05) is 11.6 Å². The van der Waals surface area contributed by atoms with Crippen molar-refractivity contribution in [2.24, 2.45) is 0 Å². The Labute approximate surface area is 157 Å². The lowest BCUT2D eigenvalue weighted by molar-refractivity contribution is 0.0600. The van der Waals surface area contributed by atoms with Crippen molar-refractivity contribution in [1.82, 2.24) is 9.97 Å². The fourth-order valence-electron chi connectivity index (χ4n) is 2.18. The fourth-order valence-corrected chi connectivity index (χ4v) is 2.35. The van der Waals surface area contributed by atoms with Gasteiger partial charge in [0.05, 0.1) is 23.4 Å². The SMILES string of the molecule is COC(=O)c1ccc(Cl)c(NC(=O)c2cc(NC(C)(C)C)nc(C)n2)c1. The average molecular weight is 377 g/mol. The monoisotopic (exact) mass is 376 g/mol. The van der Waals surface area contributed by atoms with Gasteiger partial charge in [-0.25, -0.2) is 14.8 Å². The Balaban J connectivity index is 2.29. The first kappa shape index (κ1) is 19.7. The third-order valence-corrected chi connectivity index (χ3v) is 3.54. The van der Waals surface area contributed by atoms with Gasteiger partial charge in [0.2, 0.25) is 0 Å². The molecule has 7 nitrogen and oxygen atoms in total. The van der Waals surface area contributed by atoms with Crippen LogP contribution in [0.25, 0.3) is 0 Å². The molecule has 0 aliphatic heterocycles. The number of amides is 1. The fraction of sp³-hybridized carbons (Fsp3) is 0.333. The summed E-state index contributed by atoms with van der Waals surface area (Å²) in [4.78, 5) is 32.7. The van der Waals surface area contributed by atoms with Crippen LogP contribution in [0.1, 0.15) is 47.4 Å². The van der Waals surface area contributed by atoms with Crippen molar-refractivity contribution in [3.63, 3.8) is 0 Å². The number of ether oxygens (including phenoxy) is 1. The molecule has 1 amide bonds. The molecule has 2 rings (SSSR count). The summed E-state index contributed by atoms with van der Waals surface area (Å²) in [6.07, 6.45) is 0. The molecule has 0 radical (unpaired) electrons. The molecule has 1 heterocycles. The van der Waals surface area contributed by atoms with Crippen LogP contribution in [0.15, 0.2) is 24.3 Å². The molecule has 0 atom stereocenters. The standard InChI is InChI=1S/C18H21ClN4O3/c1-10-20-14(9-15(21-10)23-18(2,3)4)16(24)22-13-8-11(17(25)26-5)6-7-12(13)19/h6-9H,1-5H3,(H,22,24)(H,20,21,23). The van der Waals surface area contributed by atoms with Crippen LogP contribution in [0.4, 0.5) is 11.5 Å². The highest BCUT2D eigenvalue weighted by Gasteiger charge is 2.17. The Bertz CT molecular complexity index is 847. The van der Waals surface area contributed by atoms with E-state index in [0.29, 0.717) is 22.4 Å². The van der Waals surface area contributed by atoms with Gasteiger partial charge >= 0.3 is 5.97 Å². The maximum absolute atomic E-state index is 12.6. The van der Waals surface area contributed by atoms with Gasteiger partial charge < -0.3 is 15.4 Å². The minimum Gasteiger partial charge on any atom is -0.465 e. The second-order valence-corrected chi connectivity index (χ2v) is 7.11. The first-order valence-electron chi connectivity index (χ1n) is 7.92. The zero-order valence-corrected chi connectivity index (χ0v) is 16.1. The molecule has 2 N–H and O–H groups in total. The molecule has 0 saturated carbocycles. The number of carbonyl (C=O) groups is 2. The summed E-state index contributed by atoms with van der Waals surface area (Å²) in [6.45, 7) is 7.67. The first-order chi connectivity index (χ1) is 12.1. The zero-order chi connectivity index (χ0) is 19.5. The number of nitrogens with zero attached hydrogens (tertiary/aromatic N) is 2. The van der Waals surface area contributed by atoms with E-state index in [1.54, 1.807) is 13.0 Å². The number of anilines is 2. The van der Waals surface area contributed by atoms with Crippen molar-refractivity contribution < 1.29 is 14.3 Å². The van der Waals surface area contributed by atoms with E-state index in [1.165, 1.54) is 25.3 Å². The summed E-state index contributed by atoms with van der Waals surface area (Å²) >= 11 is 6.11. The van der Waals surface area contributed by atoms with Gasteiger partial charge in [0, 0.05) is 11.6 Å². The quantitative estimate of drug-likeness (QED) is 0.790. The van der Waals surface area contributed by atoms with Gasteiger partial charge in [0.1, 0.15) is 17.3 Å². The Morgan fingerprint density at radius 1 is 1.15 bits per heavy atom. The summed E-state index contributed by atoms with van der Waals surface area (Å²) in [5, 5.41) is 6.17. The van der Waals surface area contributed by atoms with E-state index in [4.69, 9.17) is 11.6 Å². The summed E-state index contributed by atoms with van der Waals surface area (Å²) in [5.41, 5.74) is 0.540. The number of aromatic nitrogens is 2. The smallest absolute Gasteiger partial charge is 0.337 e. The van der Waals surface area contributed by atoms with E-state index in [2.05, 4.69) is 25.3 Å². The summed E-state index contributed by atoms with van der Waals surface area (Å²) < 4.78 is 4.67. The lowest BCUT2D eigenvalue weighted by Gasteiger charge is -2.21. The predicted octanol–water partition coefficient (Wildman–Crippen LogP) is 3.69. The average Bonchev–Trinajstić information content (AvgIpc) is 2.53. The van der Waals surface area contributed by atoms with Gasteiger partial charge in [-0.15, -0.1) is 0 Å². The number of nitrogens with one attached hydrogen (secondary N) is 2. The van der Waals surface area contributed by atoms with Crippen LogP contribution in [-0.2, 0) is 4.74 Å². The van der Waals surface area contributed by atoms with E-state index in [-0.39, 0.29) is 16.8 Å². The molecule has 0 aliphatic carbocycles. The highest BCUT2D eigenvalue weighted by atomic mass is 35.5. The Hall–Kier alpha value is -2.67. The Morgan fingerprint density at radius 3 is 2.46 bits per heavy atom. The van der Waals surface area contributed by atoms with E-state index in [9.17, 15) is 9.59 Å². The Morgan fingerprint density at radius 2 is 1.85 bits per heavy atom. The minimum absolute atomic E-state index is 0.184. The molecule has 0 bridgehead atoms. The topological polar surface area (TPSA) is 93.2 Å². The second kappa shape index (κ2) is 7.70. The van der Waals surface area contributed by atoms with Crippen molar-refractivity contribution in [3.05, 3.63) is 46.4 Å². The molecule has 1 aromatic carbocycles. The van der Waals surface area contributed by atoms with Crippen LogP contribution in [0.2, 0.25) is 5.02 Å². The number of hydrogen-bond acceptors (Lipinski definition) is 6. The van der Waals surface area contributed by atoms with Crippen LogP contribution < -0.4 is 10.6 Å². The molecule has 0 aliphatic rings. The maximum Gasteiger partial charge on any atom is 0.337 e. The molecule has 1 aromatic heterocycles. The molecule has 2 aromatic rings. The van der Waals surface area contributed by atoms with Crippen molar-refractivity contribution in [1.29, 1.82) is 0 Å². The molecule has 0 spiro atoms. The third-order valence-electron chi connectivity index (χ3n) is 3.21. The summed E-state index contributed by atoms with van der Waals surface area (Å²) in [7, 11) is 1.28. The number of hydrogen-bond donors (Lipinski definition) is 2. The molecular weight excluding hydrogens is 356 g/mol. The number of benzene rings is 1. The normalized spacial score (nSPS) is 11.0. The number of methoxy groups -OCH3 is 1. The van der Waals surface area contributed by atoms with Crippen molar-refractivity contribution in [3.8, 4) is 0 Å². The van der Waals surface area contributed by atoms with E-state index in [0.717, 1.165) is 0 Å². The van der Waals surface area contributed by atoms with Gasteiger partial charge in [0.15, 0.2) is 0 Å². The van der Waals surface area contributed by atoms with Gasteiger partial charge in [-0.3, -0.25) is 4.79 Å².